The molecule has 15 heavy (non-hydrogen) atoms. The van der Waals surface area contributed by atoms with Gasteiger partial charge in [0.15, 0.2) is 0 Å². The molecular weight excluding hydrogens is 190 g/mol. The van der Waals surface area contributed by atoms with Crippen molar-refractivity contribution < 1.29 is 4.79 Å². The van der Waals surface area contributed by atoms with Crippen LogP contribution in [0.5, 0.6) is 0 Å². The maximum atomic E-state index is 10.9. The molecule has 0 spiro atoms. The predicted octanol–water partition coefficient (Wildman–Crippen LogP) is 1.44. The van der Waals surface area contributed by atoms with Crippen LogP contribution in [0.1, 0.15) is 18.9 Å². The molecule has 0 radical (unpaired) electrons. The third-order valence-corrected chi connectivity index (χ3v) is 1.78. The maximum absolute atomic E-state index is 10.9. The Labute approximate surface area is 88.2 Å². The van der Waals surface area contributed by atoms with Crippen LogP contribution < -0.4 is 5.43 Å². The first-order valence-electron chi connectivity index (χ1n) is 4.49. The molecule has 0 bridgehead atoms. The van der Waals surface area contributed by atoms with Crippen LogP contribution in [0.2, 0.25) is 0 Å². The number of nitriles is 1. The quantitative estimate of drug-likeness (QED) is 0.594. The molecule has 1 N–H and O–H groups in total. The van der Waals surface area contributed by atoms with Crippen molar-refractivity contribution in [1.29, 1.82) is 5.26 Å². The first kappa shape index (κ1) is 10.9. The molecule has 0 atom stereocenters. The highest BCUT2D eigenvalue weighted by Gasteiger charge is 1.99. The lowest BCUT2D eigenvalue weighted by Gasteiger charge is -2.00. The van der Waals surface area contributed by atoms with Gasteiger partial charge < -0.3 is 0 Å². The van der Waals surface area contributed by atoms with E-state index in [0.29, 0.717) is 5.71 Å². The molecule has 0 saturated carbocycles. The lowest BCUT2D eigenvalue weighted by atomic mass is 10.1. The Hall–Kier alpha value is -2.15. The molecule has 0 aliphatic carbocycles. The first-order valence-corrected chi connectivity index (χ1v) is 4.49. The fraction of sp³-hybridized carbons (Fsp3) is 0.182. The van der Waals surface area contributed by atoms with Gasteiger partial charge in [-0.1, -0.05) is 30.3 Å². The lowest BCUT2D eigenvalue weighted by molar-refractivity contribution is -0.120. The second kappa shape index (κ2) is 5.55. The summed E-state index contributed by atoms with van der Waals surface area (Å²) in [5, 5.41) is 12.1. The molecule has 1 amide bonds. The number of nitrogens with one attached hydrogen (secondary N) is 1. The Morgan fingerprint density at radius 3 is 2.73 bits per heavy atom. The summed E-state index contributed by atoms with van der Waals surface area (Å²) in [6.07, 6.45) is -0.175. The molecule has 1 aromatic carbocycles. The summed E-state index contributed by atoms with van der Waals surface area (Å²) in [5.74, 6) is -0.396. The summed E-state index contributed by atoms with van der Waals surface area (Å²) in [4.78, 5) is 10.9. The smallest absolute Gasteiger partial charge is 0.254 e. The van der Waals surface area contributed by atoms with Crippen molar-refractivity contribution in [2.75, 3.05) is 0 Å². The fourth-order valence-corrected chi connectivity index (χ4v) is 1.00. The molecule has 0 aromatic heterocycles. The number of carbonyl (C=O) groups excluding carboxylic acids is 1. The number of amides is 1. The Morgan fingerprint density at radius 2 is 2.13 bits per heavy atom. The summed E-state index contributed by atoms with van der Waals surface area (Å²) < 4.78 is 0. The second-order valence-corrected chi connectivity index (χ2v) is 2.93. The molecular formula is C11H11N3O. The minimum Gasteiger partial charge on any atom is -0.272 e. The van der Waals surface area contributed by atoms with Crippen LogP contribution in [0.4, 0.5) is 0 Å². The van der Waals surface area contributed by atoms with Crippen molar-refractivity contribution in [3.05, 3.63) is 35.9 Å². The van der Waals surface area contributed by atoms with Crippen molar-refractivity contribution in [2.24, 2.45) is 5.10 Å². The number of rotatable bonds is 3. The van der Waals surface area contributed by atoms with Gasteiger partial charge in [0.25, 0.3) is 5.91 Å². The summed E-state index contributed by atoms with van der Waals surface area (Å²) >= 11 is 0. The zero-order valence-corrected chi connectivity index (χ0v) is 8.40. The summed E-state index contributed by atoms with van der Waals surface area (Å²) in [7, 11) is 0. The monoisotopic (exact) mass is 201 g/mol. The van der Waals surface area contributed by atoms with E-state index in [2.05, 4.69) is 10.5 Å². The van der Waals surface area contributed by atoms with Crippen molar-refractivity contribution in [3.8, 4) is 6.07 Å². The molecule has 4 heteroatoms. The van der Waals surface area contributed by atoms with E-state index in [4.69, 9.17) is 5.26 Å². The molecule has 1 rings (SSSR count). The summed E-state index contributed by atoms with van der Waals surface area (Å²) in [6, 6.07) is 11.2. The Balaban J connectivity index is 2.62. The Bertz CT molecular complexity index is 404. The molecule has 76 valence electrons. The van der Waals surface area contributed by atoms with Crippen LogP contribution in [0, 0.1) is 11.3 Å². The van der Waals surface area contributed by atoms with Gasteiger partial charge in [-0.3, -0.25) is 4.79 Å². The number of hydrogen-bond acceptors (Lipinski definition) is 3. The molecule has 0 aliphatic rings. The van der Waals surface area contributed by atoms with E-state index in [-0.39, 0.29) is 6.42 Å². The van der Waals surface area contributed by atoms with Gasteiger partial charge in [-0.05, 0) is 12.5 Å². The number of benzene rings is 1. The van der Waals surface area contributed by atoms with Crippen LogP contribution in [0.15, 0.2) is 35.4 Å². The zero-order chi connectivity index (χ0) is 11.1. The van der Waals surface area contributed by atoms with E-state index in [1.54, 1.807) is 13.0 Å². The van der Waals surface area contributed by atoms with Gasteiger partial charge >= 0.3 is 0 Å². The Kier molecular flexibility index (Phi) is 4.05. The molecule has 0 unspecified atom stereocenters. The molecule has 0 heterocycles. The van der Waals surface area contributed by atoms with Gasteiger partial charge in [-0.15, -0.1) is 0 Å². The minimum absolute atomic E-state index is 0.175. The van der Waals surface area contributed by atoms with Gasteiger partial charge in [-0.2, -0.15) is 10.4 Å². The van der Waals surface area contributed by atoms with E-state index < -0.39 is 5.91 Å². The molecule has 4 nitrogen and oxygen atoms in total. The van der Waals surface area contributed by atoms with Crippen LogP contribution in [0.25, 0.3) is 0 Å². The highest BCUT2D eigenvalue weighted by molar-refractivity contribution is 5.99. The van der Waals surface area contributed by atoms with E-state index in [9.17, 15) is 4.79 Å². The predicted molar refractivity (Wildman–Crippen MR) is 57.0 cm³/mol. The van der Waals surface area contributed by atoms with Crippen LogP contribution in [-0.4, -0.2) is 11.6 Å². The first-order chi connectivity index (χ1) is 7.24. The highest BCUT2D eigenvalue weighted by atomic mass is 16.2. The molecule has 0 aliphatic heterocycles. The maximum Gasteiger partial charge on any atom is 0.254 e. The van der Waals surface area contributed by atoms with Crippen molar-refractivity contribution in [2.45, 2.75) is 13.3 Å². The number of hydrogen-bond donors (Lipinski definition) is 1. The minimum atomic E-state index is -0.396. The second-order valence-electron chi connectivity index (χ2n) is 2.93. The van der Waals surface area contributed by atoms with E-state index in [0.717, 1.165) is 5.56 Å². The van der Waals surface area contributed by atoms with Crippen LogP contribution >= 0.6 is 0 Å². The number of nitrogens with zero attached hydrogens (tertiary/aromatic N) is 2. The van der Waals surface area contributed by atoms with Crippen LogP contribution in [0.3, 0.4) is 0 Å². The normalized spacial score (nSPS) is 10.5. The molecule has 0 fully saturated rings. The van der Waals surface area contributed by atoms with E-state index in [1.807, 2.05) is 30.3 Å². The van der Waals surface area contributed by atoms with Crippen molar-refractivity contribution in [1.82, 2.24) is 5.43 Å². The van der Waals surface area contributed by atoms with Gasteiger partial charge in [0.05, 0.1) is 11.8 Å². The zero-order valence-electron chi connectivity index (χ0n) is 8.40. The van der Waals surface area contributed by atoms with Gasteiger partial charge in [-0.25, -0.2) is 5.43 Å². The number of carbonyl (C=O) groups is 1. The topological polar surface area (TPSA) is 65.2 Å². The average molecular weight is 201 g/mol. The largest absolute Gasteiger partial charge is 0.272 e. The Morgan fingerprint density at radius 1 is 1.47 bits per heavy atom. The number of hydrazone groups is 1. The molecule has 1 aromatic rings. The molecule has 0 saturated heterocycles. The standard InChI is InChI=1S/C11H11N3O/c1-9(10-5-3-2-4-6-10)13-14-11(15)7-8-12/h2-6H,7H2,1H3,(H,14,15). The van der Waals surface area contributed by atoms with Crippen molar-refractivity contribution in [3.63, 3.8) is 0 Å². The summed E-state index contributed by atoms with van der Waals surface area (Å²) in [5.41, 5.74) is 3.96. The van der Waals surface area contributed by atoms with Gasteiger partial charge in [0.1, 0.15) is 6.42 Å². The highest BCUT2D eigenvalue weighted by Crippen LogP contribution is 1.99. The summed E-state index contributed by atoms with van der Waals surface area (Å²) in [6.45, 7) is 1.79. The average Bonchev–Trinajstić information content (AvgIpc) is 2.27. The fourth-order valence-electron chi connectivity index (χ4n) is 1.00. The van der Waals surface area contributed by atoms with E-state index >= 15 is 0 Å². The third-order valence-electron chi connectivity index (χ3n) is 1.78. The van der Waals surface area contributed by atoms with Gasteiger partial charge in [0, 0.05) is 0 Å². The van der Waals surface area contributed by atoms with Crippen molar-refractivity contribution >= 4 is 11.6 Å². The third kappa shape index (κ3) is 3.61. The van der Waals surface area contributed by atoms with Crippen LogP contribution in [-0.2, 0) is 4.79 Å². The lowest BCUT2D eigenvalue weighted by Crippen LogP contribution is -2.18. The van der Waals surface area contributed by atoms with E-state index in [1.165, 1.54) is 0 Å². The SMILES string of the molecule is CC(=NNC(=O)CC#N)c1ccccc1. The van der Waals surface area contributed by atoms with Gasteiger partial charge in [0.2, 0.25) is 0 Å².